The lowest BCUT2D eigenvalue weighted by molar-refractivity contribution is 0.0746. The summed E-state index contributed by atoms with van der Waals surface area (Å²) in [4.78, 5) is 14.0. The van der Waals surface area contributed by atoms with Gasteiger partial charge in [0, 0.05) is 18.5 Å². The summed E-state index contributed by atoms with van der Waals surface area (Å²) in [5.41, 5.74) is 0.615. The monoisotopic (exact) mass is 307 g/mol. The number of hydrogen-bond acceptors (Lipinski definition) is 5. The third kappa shape index (κ3) is 4.45. The normalized spacial score (nSPS) is 16.5. The first-order valence-electron chi connectivity index (χ1n) is 7.88. The van der Waals surface area contributed by atoms with Crippen molar-refractivity contribution in [2.24, 2.45) is 0 Å². The van der Waals surface area contributed by atoms with Gasteiger partial charge in [0.15, 0.2) is 17.3 Å². The number of aliphatic hydroxyl groups is 1. The molecule has 122 valence electrons. The molecule has 0 amide bonds. The van der Waals surface area contributed by atoms with Gasteiger partial charge in [0.2, 0.25) is 0 Å². The van der Waals surface area contributed by atoms with Crippen molar-refractivity contribution < 1.29 is 19.4 Å². The van der Waals surface area contributed by atoms with Crippen LogP contribution in [-0.2, 0) is 0 Å². The molecule has 2 rings (SSSR count). The van der Waals surface area contributed by atoms with Gasteiger partial charge in [-0.05, 0) is 44.1 Å². The van der Waals surface area contributed by atoms with Gasteiger partial charge in [-0.3, -0.25) is 4.79 Å². The Balaban J connectivity index is 1.92. The van der Waals surface area contributed by atoms with Gasteiger partial charge in [-0.2, -0.15) is 0 Å². The third-order valence-electron chi connectivity index (χ3n) is 3.91. The molecule has 0 saturated carbocycles. The fourth-order valence-electron chi connectivity index (χ4n) is 2.67. The largest absolute Gasteiger partial charge is 0.493 e. The number of hydrogen-bond donors (Lipinski definition) is 1. The van der Waals surface area contributed by atoms with Gasteiger partial charge in [0.05, 0.1) is 7.11 Å². The fourth-order valence-corrected chi connectivity index (χ4v) is 2.67. The van der Waals surface area contributed by atoms with E-state index in [9.17, 15) is 9.90 Å². The van der Waals surface area contributed by atoms with E-state index < -0.39 is 6.10 Å². The van der Waals surface area contributed by atoms with Crippen molar-refractivity contribution >= 4 is 5.78 Å². The number of aliphatic hydroxyl groups excluding tert-OH is 1. The number of carbonyl (C=O) groups is 1. The highest BCUT2D eigenvalue weighted by Crippen LogP contribution is 2.28. The highest BCUT2D eigenvalue weighted by Gasteiger charge is 2.17. The van der Waals surface area contributed by atoms with Crippen LogP contribution in [0, 0.1) is 0 Å². The van der Waals surface area contributed by atoms with Crippen molar-refractivity contribution in [2.75, 3.05) is 33.4 Å². The van der Waals surface area contributed by atoms with E-state index in [1.807, 2.05) is 6.92 Å². The van der Waals surface area contributed by atoms with Gasteiger partial charge in [0.1, 0.15) is 12.7 Å². The second-order valence-electron chi connectivity index (χ2n) is 5.61. The minimum atomic E-state index is -0.528. The van der Waals surface area contributed by atoms with Crippen LogP contribution in [0.2, 0.25) is 0 Å². The molecule has 1 N–H and O–H groups in total. The molecule has 1 atom stereocenters. The van der Waals surface area contributed by atoms with Crippen molar-refractivity contribution in [3.63, 3.8) is 0 Å². The Kier molecular flexibility index (Phi) is 6.21. The van der Waals surface area contributed by atoms with Crippen LogP contribution in [0.4, 0.5) is 0 Å². The summed E-state index contributed by atoms with van der Waals surface area (Å²) in [7, 11) is 1.54. The molecule has 0 aromatic heterocycles. The van der Waals surface area contributed by atoms with Crippen molar-refractivity contribution in [2.45, 2.75) is 32.3 Å². The van der Waals surface area contributed by atoms with E-state index in [1.165, 1.54) is 12.8 Å². The Hall–Kier alpha value is -1.59. The standard InChI is InChI=1S/C17H25NO4/c1-3-15(20)13-6-7-16(17(10-13)21-2)22-12-14(19)11-18-8-4-5-9-18/h6-7,10,14,19H,3-5,8-9,11-12H2,1-2H3/t14-/m1/s1. The van der Waals surface area contributed by atoms with E-state index in [2.05, 4.69) is 4.90 Å². The summed E-state index contributed by atoms with van der Waals surface area (Å²) in [6.45, 7) is 4.78. The van der Waals surface area contributed by atoms with Crippen LogP contribution in [0.1, 0.15) is 36.5 Å². The molecule has 0 bridgehead atoms. The average molecular weight is 307 g/mol. The number of ether oxygens (including phenoxy) is 2. The van der Waals surface area contributed by atoms with Crippen LogP contribution >= 0.6 is 0 Å². The van der Waals surface area contributed by atoms with Gasteiger partial charge < -0.3 is 19.5 Å². The first kappa shape index (κ1) is 16.8. The molecule has 1 heterocycles. The van der Waals surface area contributed by atoms with Crippen LogP contribution in [0.25, 0.3) is 0 Å². The summed E-state index contributed by atoms with van der Waals surface area (Å²) in [6.07, 6.45) is 2.33. The smallest absolute Gasteiger partial charge is 0.162 e. The second-order valence-corrected chi connectivity index (χ2v) is 5.61. The maximum atomic E-state index is 11.7. The van der Waals surface area contributed by atoms with Gasteiger partial charge in [-0.25, -0.2) is 0 Å². The highest BCUT2D eigenvalue weighted by atomic mass is 16.5. The van der Waals surface area contributed by atoms with Gasteiger partial charge in [-0.1, -0.05) is 6.92 Å². The van der Waals surface area contributed by atoms with Crippen LogP contribution in [0.3, 0.4) is 0 Å². The van der Waals surface area contributed by atoms with Crippen molar-refractivity contribution in [3.05, 3.63) is 23.8 Å². The van der Waals surface area contributed by atoms with Gasteiger partial charge in [-0.15, -0.1) is 0 Å². The Bertz CT molecular complexity index is 497. The summed E-state index contributed by atoms with van der Waals surface area (Å²) in [6, 6.07) is 5.15. The molecule has 5 heteroatoms. The molecule has 22 heavy (non-hydrogen) atoms. The lowest BCUT2D eigenvalue weighted by Crippen LogP contribution is -2.33. The number of benzene rings is 1. The van der Waals surface area contributed by atoms with E-state index in [-0.39, 0.29) is 12.4 Å². The number of ketones is 1. The number of rotatable bonds is 8. The van der Waals surface area contributed by atoms with Crippen molar-refractivity contribution in [1.29, 1.82) is 0 Å². The minimum Gasteiger partial charge on any atom is -0.493 e. The van der Waals surface area contributed by atoms with Crippen LogP contribution < -0.4 is 9.47 Å². The average Bonchev–Trinajstić information content (AvgIpc) is 3.04. The molecule has 0 radical (unpaired) electrons. The molecular weight excluding hydrogens is 282 g/mol. The van der Waals surface area contributed by atoms with E-state index in [1.54, 1.807) is 25.3 Å². The Morgan fingerprint density at radius 1 is 1.32 bits per heavy atom. The summed E-state index contributed by atoms with van der Waals surface area (Å²) < 4.78 is 10.9. The molecule has 0 spiro atoms. The number of nitrogens with zero attached hydrogens (tertiary/aromatic N) is 1. The molecule has 0 aliphatic carbocycles. The first-order chi connectivity index (χ1) is 10.6. The summed E-state index contributed by atoms with van der Waals surface area (Å²) in [5, 5.41) is 10.1. The van der Waals surface area contributed by atoms with E-state index >= 15 is 0 Å². The molecule has 1 aromatic rings. The first-order valence-corrected chi connectivity index (χ1v) is 7.88. The number of methoxy groups -OCH3 is 1. The molecule has 1 aliphatic heterocycles. The zero-order chi connectivity index (χ0) is 15.9. The van der Waals surface area contributed by atoms with Crippen LogP contribution in [0.15, 0.2) is 18.2 Å². The second kappa shape index (κ2) is 8.15. The highest BCUT2D eigenvalue weighted by molar-refractivity contribution is 5.96. The molecule has 1 fully saturated rings. The van der Waals surface area contributed by atoms with Gasteiger partial charge in [0.25, 0.3) is 0 Å². The van der Waals surface area contributed by atoms with Crippen molar-refractivity contribution in [3.8, 4) is 11.5 Å². The van der Waals surface area contributed by atoms with E-state index in [0.717, 1.165) is 13.1 Å². The van der Waals surface area contributed by atoms with Gasteiger partial charge >= 0.3 is 0 Å². The predicted octanol–water partition coefficient (Wildman–Crippen LogP) is 2.12. The zero-order valence-electron chi connectivity index (χ0n) is 13.4. The van der Waals surface area contributed by atoms with E-state index in [4.69, 9.17) is 9.47 Å². The predicted molar refractivity (Wildman–Crippen MR) is 84.8 cm³/mol. The van der Waals surface area contributed by atoms with Crippen molar-refractivity contribution in [1.82, 2.24) is 4.90 Å². The summed E-state index contributed by atoms with van der Waals surface area (Å²) >= 11 is 0. The SMILES string of the molecule is CCC(=O)c1ccc(OC[C@H](O)CN2CCCC2)c(OC)c1. The Labute approximate surface area is 131 Å². The molecule has 5 nitrogen and oxygen atoms in total. The number of Topliss-reactive ketones (excluding diaryl/α,β-unsaturated/α-hetero) is 1. The third-order valence-corrected chi connectivity index (χ3v) is 3.91. The Morgan fingerprint density at radius 2 is 2.05 bits per heavy atom. The Morgan fingerprint density at radius 3 is 2.68 bits per heavy atom. The topological polar surface area (TPSA) is 59.0 Å². The fraction of sp³-hybridized carbons (Fsp3) is 0.588. The molecule has 1 aromatic carbocycles. The number of likely N-dealkylation sites (tertiary alicyclic amines) is 1. The summed E-state index contributed by atoms with van der Waals surface area (Å²) in [5.74, 6) is 1.14. The lowest BCUT2D eigenvalue weighted by Gasteiger charge is -2.20. The molecule has 1 saturated heterocycles. The maximum Gasteiger partial charge on any atom is 0.162 e. The molecular formula is C17H25NO4. The maximum absolute atomic E-state index is 11.7. The van der Waals surface area contributed by atoms with Crippen LogP contribution in [-0.4, -0.2) is 55.2 Å². The quantitative estimate of drug-likeness (QED) is 0.746. The number of β-amino-alcohol motifs (C(OH)–C–C–N with tert-alkyl or cyclic N) is 1. The lowest BCUT2D eigenvalue weighted by atomic mass is 10.1. The number of carbonyl (C=O) groups excluding carboxylic acids is 1. The molecule has 1 aliphatic rings. The minimum absolute atomic E-state index is 0.0684. The zero-order valence-corrected chi connectivity index (χ0v) is 13.4. The van der Waals surface area contributed by atoms with E-state index in [0.29, 0.717) is 30.0 Å². The van der Waals surface area contributed by atoms with Crippen LogP contribution in [0.5, 0.6) is 11.5 Å². The molecule has 0 unspecified atom stereocenters.